The largest absolute Gasteiger partial charge is 0.272 e. The Morgan fingerprint density at radius 3 is 2.73 bits per heavy atom. The number of pyridine rings is 1. The molecule has 1 atom stereocenters. The van der Waals surface area contributed by atoms with Gasteiger partial charge in [0.1, 0.15) is 11.2 Å². The molecule has 0 aliphatic carbocycles. The van der Waals surface area contributed by atoms with Gasteiger partial charge in [0.2, 0.25) is 0 Å². The number of benzene rings is 1. The van der Waals surface area contributed by atoms with Gasteiger partial charge in [0.25, 0.3) is 11.8 Å². The van der Waals surface area contributed by atoms with Crippen LogP contribution in [0.15, 0.2) is 48.8 Å². The Morgan fingerprint density at radius 2 is 2.00 bits per heavy atom. The normalized spacial score (nSPS) is 17.6. The number of hydrogen-bond acceptors (Lipinski definition) is 4. The summed E-state index contributed by atoms with van der Waals surface area (Å²) in [7, 11) is 0. The molecular formula is C15H12FN3O2S. The molecule has 2 amide bonds. The summed E-state index contributed by atoms with van der Waals surface area (Å²) >= 11 is 1.27. The number of amides is 2. The van der Waals surface area contributed by atoms with E-state index in [1.807, 2.05) is 0 Å². The second-order valence-electron chi connectivity index (χ2n) is 4.63. The minimum Gasteiger partial charge on any atom is -0.272 e. The zero-order chi connectivity index (χ0) is 15.5. The third kappa shape index (κ3) is 2.80. The van der Waals surface area contributed by atoms with Crippen LogP contribution < -0.4 is 5.43 Å². The van der Waals surface area contributed by atoms with E-state index in [1.165, 1.54) is 35.2 Å². The minimum atomic E-state index is -0.570. The number of nitrogens with one attached hydrogen (secondary N) is 1. The number of hydrogen-bond donors (Lipinski definition) is 1. The molecule has 1 saturated heterocycles. The highest BCUT2D eigenvalue weighted by Crippen LogP contribution is 2.38. The first-order valence-corrected chi connectivity index (χ1v) is 7.61. The standard InChI is InChI=1S/C15H12FN3O2S/c16-12-4-2-1-3-11(12)15-19(13(20)9-22-15)18-14(21)10-5-7-17-8-6-10/h1-8,15H,9H2,(H,18,21). The van der Waals surface area contributed by atoms with Crippen LogP contribution in [0.2, 0.25) is 0 Å². The van der Waals surface area contributed by atoms with Crippen molar-refractivity contribution in [3.8, 4) is 0 Å². The van der Waals surface area contributed by atoms with Crippen molar-refractivity contribution in [1.82, 2.24) is 15.4 Å². The highest BCUT2D eigenvalue weighted by Gasteiger charge is 2.35. The van der Waals surface area contributed by atoms with Gasteiger partial charge in [-0.05, 0) is 18.2 Å². The third-order valence-corrected chi connectivity index (χ3v) is 4.40. The summed E-state index contributed by atoms with van der Waals surface area (Å²) in [6.07, 6.45) is 2.98. The van der Waals surface area contributed by atoms with Gasteiger partial charge >= 0.3 is 0 Å². The van der Waals surface area contributed by atoms with Crippen molar-refractivity contribution in [2.45, 2.75) is 5.37 Å². The lowest BCUT2D eigenvalue weighted by Crippen LogP contribution is -2.44. The molecule has 0 radical (unpaired) electrons. The van der Waals surface area contributed by atoms with Crippen LogP contribution in [-0.4, -0.2) is 27.6 Å². The molecule has 0 saturated carbocycles. The summed E-state index contributed by atoms with van der Waals surface area (Å²) in [5.41, 5.74) is 3.30. The van der Waals surface area contributed by atoms with E-state index in [1.54, 1.807) is 30.3 Å². The summed E-state index contributed by atoms with van der Waals surface area (Å²) in [5.74, 6) is -0.909. The van der Waals surface area contributed by atoms with Crippen LogP contribution in [-0.2, 0) is 4.79 Å². The Morgan fingerprint density at radius 1 is 1.27 bits per heavy atom. The van der Waals surface area contributed by atoms with Gasteiger partial charge < -0.3 is 0 Å². The Kier molecular flexibility index (Phi) is 4.06. The van der Waals surface area contributed by atoms with Gasteiger partial charge in [-0.2, -0.15) is 0 Å². The van der Waals surface area contributed by atoms with Crippen molar-refractivity contribution < 1.29 is 14.0 Å². The smallest absolute Gasteiger partial charge is 0.270 e. The van der Waals surface area contributed by atoms with Crippen LogP contribution in [0.5, 0.6) is 0 Å². The predicted octanol–water partition coefficient (Wildman–Crippen LogP) is 2.14. The number of carbonyl (C=O) groups excluding carboxylic acids is 2. The van der Waals surface area contributed by atoms with E-state index < -0.39 is 17.1 Å². The summed E-state index contributed by atoms with van der Waals surface area (Å²) in [5, 5.41) is 0.616. The van der Waals surface area contributed by atoms with Crippen molar-refractivity contribution in [3.63, 3.8) is 0 Å². The molecular weight excluding hydrogens is 305 g/mol. The predicted molar refractivity (Wildman–Crippen MR) is 80.1 cm³/mol. The molecule has 5 nitrogen and oxygen atoms in total. The van der Waals surface area contributed by atoms with Gasteiger partial charge in [-0.3, -0.25) is 20.0 Å². The summed E-state index contributed by atoms with van der Waals surface area (Å²) < 4.78 is 13.9. The first kappa shape index (κ1) is 14.5. The number of carbonyl (C=O) groups is 2. The number of nitrogens with zero attached hydrogens (tertiary/aromatic N) is 2. The molecule has 2 aromatic rings. The van der Waals surface area contributed by atoms with Crippen LogP contribution in [0.1, 0.15) is 21.3 Å². The molecule has 7 heteroatoms. The van der Waals surface area contributed by atoms with E-state index >= 15 is 0 Å². The topological polar surface area (TPSA) is 62.3 Å². The van der Waals surface area contributed by atoms with Crippen molar-refractivity contribution in [1.29, 1.82) is 0 Å². The average Bonchev–Trinajstić information content (AvgIpc) is 2.90. The molecule has 1 aromatic carbocycles. The summed E-state index contributed by atoms with van der Waals surface area (Å²) in [4.78, 5) is 28.0. The van der Waals surface area contributed by atoms with E-state index in [9.17, 15) is 14.0 Å². The molecule has 1 aromatic heterocycles. The molecule has 112 valence electrons. The summed E-state index contributed by atoms with van der Waals surface area (Å²) in [6, 6.07) is 9.31. The number of aromatic nitrogens is 1. The van der Waals surface area contributed by atoms with Crippen molar-refractivity contribution in [2.75, 3.05) is 5.75 Å². The number of thioether (sulfide) groups is 1. The summed E-state index contributed by atoms with van der Waals surface area (Å²) in [6.45, 7) is 0. The van der Waals surface area contributed by atoms with Crippen LogP contribution in [0.25, 0.3) is 0 Å². The monoisotopic (exact) mass is 317 g/mol. The van der Waals surface area contributed by atoms with Gasteiger partial charge in [-0.1, -0.05) is 18.2 Å². The van der Waals surface area contributed by atoms with E-state index in [0.29, 0.717) is 11.1 Å². The van der Waals surface area contributed by atoms with Gasteiger partial charge in [-0.25, -0.2) is 9.40 Å². The molecule has 0 bridgehead atoms. The van der Waals surface area contributed by atoms with Crippen LogP contribution in [0.4, 0.5) is 4.39 Å². The van der Waals surface area contributed by atoms with E-state index in [-0.39, 0.29) is 11.7 Å². The van der Waals surface area contributed by atoms with Crippen LogP contribution in [0, 0.1) is 5.82 Å². The quantitative estimate of drug-likeness (QED) is 0.942. The second-order valence-corrected chi connectivity index (χ2v) is 5.69. The molecule has 22 heavy (non-hydrogen) atoms. The lowest BCUT2D eigenvalue weighted by atomic mass is 10.2. The van der Waals surface area contributed by atoms with Gasteiger partial charge in [0.05, 0.1) is 5.75 Å². The highest BCUT2D eigenvalue weighted by molar-refractivity contribution is 8.00. The van der Waals surface area contributed by atoms with E-state index in [2.05, 4.69) is 10.4 Å². The number of halogens is 1. The first-order valence-electron chi connectivity index (χ1n) is 6.56. The molecule has 1 unspecified atom stereocenters. The number of rotatable bonds is 3. The Labute approximate surface area is 130 Å². The molecule has 1 aliphatic rings. The van der Waals surface area contributed by atoms with Crippen LogP contribution >= 0.6 is 11.8 Å². The maximum absolute atomic E-state index is 13.9. The van der Waals surface area contributed by atoms with E-state index in [0.717, 1.165) is 0 Å². The Bertz CT molecular complexity index is 711. The lowest BCUT2D eigenvalue weighted by Gasteiger charge is -2.24. The highest BCUT2D eigenvalue weighted by atomic mass is 32.2. The molecule has 3 rings (SSSR count). The second kappa shape index (κ2) is 6.15. The fraction of sp³-hybridized carbons (Fsp3) is 0.133. The number of hydrazine groups is 1. The lowest BCUT2D eigenvalue weighted by molar-refractivity contribution is -0.130. The van der Waals surface area contributed by atoms with E-state index in [4.69, 9.17) is 0 Å². The van der Waals surface area contributed by atoms with Crippen molar-refractivity contribution in [2.24, 2.45) is 0 Å². The SMILES string of the molecule is O=C(NN1C(=O)CSC1c1ccccc1F)c1ccncc1. The molecule has 1 aliphatic heterocycles. The van der Waals surface area contributed by atoms with Crippen molar-refractivity contribution >= 4 is 23.6 Å². The van der Waals surface area contributed by atoms with Crippen LogP contribution in [0.3, 0.4) is 0 Å². The molecule has 0 spiro atoms. The Hall–Kier alpha value is -2.41. The van der Waals surface area contributed by atoms with Gasteiger partial charge in [0.15, 0.2) is 0 Å². The van der Waals surface area contributed by atoms with Crippen molar-refractivity contribution in [3.05, 3.63) is 65.7 Å². The average molecular weight is 317 g/mol. The maximum Gasteiger partial charge on any atom is 0.270 e. The minimum absolute atomic E-state index is 0.190. The zero-order valence-corrected chi connectivity index (χ0v) is 12.2. The molecule has 1 N–H and O–H groups in total. The fourth-order valence-electron chi connectivity index (χ4n) is 2.13. The third-order valence-electron chi connectivity index (χ3n) is 3.20. The van der Waals surface area contributed by atoms with Gasteiger partial charge in [-0.15, -0.1) is 11.8 Å². The fourth-order valence-corrected chi connectivity index (χ4v) is 3.26. The molecule has 1 fully saturated rings. The van der Waals surface area contributed by atoms with Gasteiger partial charge in [0, 0.05) is 23.5 Å². The maximum atomic E-state index is 13.9. The Balaban J connectivity index is 1.83. The molecule has 2 heterocycles. The zero-order valence-electron chi connectivity index (χ0n) is 11.4. The first-order chi connectivity index (χ1) is 10.7.